The van der Waals surface area contributed by atoms with Crippen LogP contribution in [0.15, 0.2) is 53.4 Å². The lowest BCUT2D eigenvalue weighted by molar-refractivity contribution is -0.121. The number of benzene rings is 2. The van der Waals surface area contributed by atoms with E-state index in [1.807, 2.05) is 41.9 Å². The first-order valence-corrected chi connectivity index (χ1v) is 12.2. The number of rotatable bonds is 8. The van der Waals surface area contributed by atoms with Crippen molar-refractivity contribution in [1.82, 2.24) is 34.4 Å². The standard InChI is InChI=1S/C23H27N7O3S/c1-15-24-23(28-27-15)22(16-8-6-5-7-9-16)26-21(31)13-12-20-25-18-14-17(34(32,33)29(2)3)10-11-19(18)30(20)4/h5-11,14,22H,12-13H2,1-4H3,(H,26,31)(H,24,27,28). The third-order valence-electron chi connectivity index (χ3n) is 5.61. The van der Waals surface area contributed by atoms with E-state index in [4.69, 9.17) is 0 Å². The number of aromatic amines is 1. The van der Waals surface area contributed by atoms with Crippen LogP contribution in [0.4, 0.5) is 0 Å². The molecule has 0 bridgehead atoms. The van der Waals surface area contributed by atoms with Crippen LogP contribution in [0.3, 0.4) is 0 Å². The molecule has 0 aliphatic carbocycles. The van der Waals surface area contributed by atoms with Gasteiger partial charge in [0.15, 0.2) is 5.82 Å². The lowest BCUT2D eigenvalue weighted by Crippen LogP contribution is -2.30. The number of nitrogens with zero attached hydrogens (tertiary/aromatic N) is 5. The minimum atomic E-state index is -3.56. The molecule has 0 saturated carbocycles. The summed E-state index contributed by atoms with van der Waals surface area (Å²) in [5.41, 5.74) is 2.25. The highest BCUT2D eigenvalue weighted by Crippen LogP contribution is 2.22. The van der Waals surface area contributed by atoms with E-state index in [0.29, 0.717) is 29.4 Å². The second-order valence-electron chi connectivity index (χ2n) is 8.22. The largest absolute Gasteiger partial charge is 0.342 e. The summed E-state index contributed by atoms with van der Waals surface area (Å²) in [6.07, 6.45) is 0.591. The number of hydrogen-bond donors (Lipinski definition) is 2. The molecule has 1 amide bonds. The van der Waals surface area contributed by atoms with Crippen molar-refractivity contribution in [2.24, 2.45) is 7.05 Å². The summed E-state index contributed by atoms with van der Waals surface area (Å²) < 4.78 is 27.9. The van der Waals surface area contributed by atoms with Crippen LogP contribution in [0.2, 0.25) is 0 Å². The van der Waals surface area contributed by atoms with Gasteiger partial charge in [-0.2, -0.15) is 5.10 Å². The maximum Gasteiger partial charge on any atom is 0.242 e. The Morgan fingerprint density at radius 3 is 2.53 bits per heavy atom. The van der Waals surface area contributed by atoms with Gasteiger partial charge < -0.3 is 9.88 Å². The number of amides is 1. The molecule has 0 aliphatic rings. The van der Waals surface area contributed by atoms with Crippen LogP contribution < -0.4 is 5.32 Å². The molecule has 0 fully saturated rings. The molecule has 1 atom stereocenters. The Balaban J connectivity index is 1.51. The van der Waals surface area contributed by atoms with Crippen molar-refractivity contribution < 1.29 is 13.2 Å². The molecule has 178 valence electrons. The lowest BCUT2D eigenvalue weighted by atomic mass is 10.1. The van der Waals surface area contributed by atoms with Crippen LogP contribution in [-0.4, -0.2) is 57.5 Å². The normalized spacial score (nSPS) is 12.9. The summed E-state index contributed by atoms with van der Waals surface area (Å²) in [5.74, 6) is 1.68. The zero-order valence-corrected chi connectivity index (χ0v) is 20.3. The third kappa shape index (κ3) is 4.70. The number of aromatic nitrogens is 5. The van der Waals surface area contributed by atoms with Gasteiger partial charge in [0.05, 0.1) is 15.9 Å². The predicted octanol–water partition coefficient (Wildman–Crippen LogP) is 2.09. The first-order valence-electron chi connectivity index (χ1n) is 10.8. The van der Waals surface area contributed by atoms with Crippen LogP contribution in [0.25, 0.3) is 11.0 Å². The molecule has 11 heteroatoms. The minimum absolute atomic E-state index is 0.167. The SMILES string of the molecule is Cc1nc(C(NC(=O)CCc2nc3cc(S(=O)(=O)N(C)C)ccc3n2C)c2ccccc2)n[nH]1. The lowest BCUT2D eigenvalue weighted by Gasteiger charge is -2.16. The molecular formula is C23H27N7O3S. The topological polar surface area (TPSA) is 126 Å². The Labute approximate surface area is 198 Å². The first-order chi connectivity index (χ1) is 16.2. The van der Waals surface area contributed by atoms with Gasteiger partial charge in [-0.1, -0.05) is 30.3 Å². The molecule has 1 unspecified atom stereocenters. The van der Waals surface area contributed by atoms with Gasteiger partial charge >= 0.3 is 0 Å². The summed E-state index contributed by atoms with van der Waals surface area (Å²) in [6.45, 7) is 1.81. The number of carbonyl (C=O) groups excluding carboxylic acids is 1. The van der Waals surface area contributed by atoms with E-state index in [-0.39, 0.29) is 17.2 Å². The van der Waals surface area contributed by atoms with Crippen molar-refractivity contribution >= 4 is 27.0 Å². The number of fused-ring (bicyclic) bond motifs is 1. The first kappa shape index (κ1) is 23.6. The number of H-pyrrole nitrogens is 1. The fourth-order valence-corrected chi connectivity index (χ4v) is 4.64. The van der Waals surface area contributed by atoms with Gasteiger partial charge in [0.2, 0.25) is 15.9 Å². The number of hydrogen-bond acceptors (Lipinski definition) is 6. The monoisotopic (exact) mass is 481 g/mol. The van der Waals surface area contributed by atoms with Gasteiger partial charge in [-0.3, -0.25) is 9.89 Å². The van der Waals surface area contributed by atoms with E-state index in [1.165, 1.54) is 18.4 Å². The van der Waals surface area contributed by atoms with Crippen molar-refractivity contribution in [2.45, 2.75) is 30.7 Å². The van der Waals surface area contributed by atoms with Crippen molar-refractivity contribution in [3.8, 4) is 0 Å². The molecule has 0 radical (unpaired) electrons. The third-order valence-corrected chi connectivity index (χ3v) is 7.42. The Morgan fingerprint density at radius 1 is 1.15 bits per heavy atom. The van der Waals surface area contributed by atoms with Crippen molar-refractivity contribution in [3.63, 3.8) is 0 Å². The Morgan fingerprint density at radius 2 is 1.88 bits per heavy atom. The maximum absolute atomic E-state index is 12.9. The van der Waals surface area contributed by atoms with Crippen LogP contribution in [-0.2, 0) is 28.3 Å². The highest BCUT2D eigenvalue weighted by molar-refractivity contribution is 7.89. The zero-order chi connectivity index (χ0) is 24.5. The van der Waals surface area contributed by atoms with Gasteiger partial charge in [-0.25, -0.2) is 22.7 Å². The molecule has 34 heavy (non-hydrogen) atoms. The number of sulfonamides is 1. The van der Waals surface area contributed by atoms with Crippen molar-refractivity contribution in [1.29, 1.82) is 0 Å². The molecule has 2 aromatic heterocycles. The minimum Gasteiger partial charge on any atom is -0.342 e. The second kappa shape index (κ2) is 9.35. The maximum atomic E-state index is 12.9. The zero-order valence-electron chi connectivity index (χ0n) is 19.5. The van der Waals surface area contributed by atoms with Gasteiger partial charge in [-0.05, 0) is 30.7 Å². The van der Waals surface area contributed by atoms with Crippen molar-refractivity contribution in [2.75, 3.05) is 14.1 Å². The molecule has 2 N–H and O–H groups in total. The average molecular weight is 482 g/mol. The number of carbonyl (C=O) groups is 1. The molecule has 2 heterocycles. The molecule has 4 aromatic rings. The average Bonchev–Trinajstić information content (AvgIpc) is 3.39. The predicted molar refractivity (Wildman–Crippen MR) is 127 cm³/mol. The van der Waals surface area contributed by atoms with E-state index in [2.05, 4.69) is 25.5 Å². The molecule has 0 aliphatic heterocycles. The highest BCUT2D eigenvalue weighted by atomic mass is 32.2. The van der Waals surface area contributed by atoms with E-state index in [0.717, 1.165) is 11.1 Å². The molecule has 0 spiro atoms. The Hall–Kier alpha value is -3.57. The van der Waals surface area contributed by atoms with E-state index < -0.39 is 16.1 Å². The molecule has 2 aromatic carbocycles. The van der Waals surface area contributed by atoms with Gasteiger partial charge in [0, 0.05) is 34.0 Å². The summed E-state index contributed by atoms with van der Waals surface area (Å²) >= 11 is 0. The van der Waals surface area contributed by atoms with E-state index in [9.17, 15) is 13.2 Å². The molecule has 4 rings (SSSR count). The van der Waals surface area contributed by atoms with Crippen LogP contribution in [0.1, 0.15) is 35.5 Å². The van der Waals surface area contributed by atoms with Gasteiger partial charge in [-0.15, -0.1) is 0 Å². The summed E-state index contributed by atoms with van der Waals surface area (Å²) in [6, 6.07) is 13.9. The number of aryl methyl sites for hydroxylation is 3. The molecule has 10 nitrogen and oxygen atoms in total. The molecule has 0 saturated heterocycles. The Bertz CT molecular complexity index is 1430. The second-order valence-corrected chi connectivity index (χ2v) is 10.4. The number of imidazole rings is 1. The Kier molecular flexibility index (Phi) is 6.49. The fraction of sp³-hybridized carbons (Fsp3) is 0.304. The van der Waals surface area contributed by atoms with Crippen molar-refractivity contribution in [3.05, 3.63) is 71.6 Å². The number of nitrogens with one attached hydrogen (secondary N) is 2. The van der Waals surface area contributed by atoms with Crippen LogP contribution in [0.5, 0.6) is 0 Å². The van der Waals surface area contributed by atoms with E-state index >= 15 is 0 Å². The summed E-state index contributed by atoms with van der Waals surface area (Å²) in [7, 11) is 1.28. The molecular weight excluding hydrogens is 454 g/mol. The highest BCUT2D eigenvalue weighted by Gasteiger charge is 2.22. The van der Waals surface area contributed by atoms with Gasteiger partial charge in [0.1, 0.15) is 17.7 Å². The van der Waals surface area contributed by atoms with E-state index in [1.54, 1.807) is 25.1 Å². The van der Waals surface area contributed by atoms with Gasteiger partial charge in [0.25, 0.3) is 0 Å². The van der Waals surface area contributed by atoms with Crippen LogP contribution in [0, 0.1) is 6.92 Å². The quantitative estimate of drug-likeness (QED) is 0.397. The summed E-state index contributed by atoms with van der Waals surface area (Å²) in [5, 5.41) is 10.1. The fourth-order valence-electron chi connectivity index (χ4n) is 3.71. The smallest absolute Gasteiger partial charge is 0.242 e. The van der Waals surface area contributed by atoms with Crippen LogP contribution >= 0.6 is 0 Å². The summed E-state index contributed by atoms with van der Waals surface area (Å²) in [4.78, 5) is 22.0.